The summed E-state index contributed by atoms with van der Waals surface area (Å²) in [6.45, 7) is 0.305. The van der Waals surface area contributed by atoms with Crippen LogP contribution in [0.2, 0.25) is 0 Å². The van der Waals surface area contributed by atoms with Crippen LogP contribution in [0.5, 0.6) is 5.75 Å². The van der Waals surface area contributed by atoms with Crippen molar-refractivity contribution >= 4 is 40.6 Å². The molecule has 0 unspecified atom stereocenters. The molecule has 32 heavy (non-hydrogen) atoms. The molecule has 0 spiro atoms. The minimum absolute atomic E-state index is 0.122. The van der Waals surface area contributed by atoms with Crippen molar-refractivity contribution in [2.24, 2.45) is 0 Å². The lowest BCUT2D eigenvalue weighted by molar-refractivity contribution is 0.0949. The van der Waals surface area contributed by atoms with Crippen molar-refractivity contribution in [3.05, 3.63) is 83.0 Å². The van der Waals surface area contributed by atoms with Gasteiger partial charge in [-0.25, -0.2) is 4.98 Å². The van der Waals surface area contributed by atoms with Crippen LogP contribution in [0.1, 0.15) is 25.6 Å². The van der Waals surface area contributed by atoms with Gasteiger partial charge in [-0.2, -0.15) is 0 Å². The standard InChI is InChI=1S/C23H16N4O3S2/c28-14-7-8-24-18(10-14)23-26-12-15(31-23)11-25-21(29)13-5-6-20-17(9-13)27-22(30)16-3-1-2-4-19(16)32-20/h1-10,12H,11H2,(H,24,28)(H,25,29)(H,27,30). The molecule has 1 aliphatic heterocycles. The second-order valence-corrected chi connectivity index (χ2v) is 9.18. The molecular weight excluding hydrogens is 444 g/mol. The molecule has 7 nitrogen and oxygen atoms in total. The van der Waals surface area contributed by atoms with Gasteiger partial charge in [-0.1, -0.05) is 23.9 Å². The van der Waals surface area contributed by atoms with Crippen molar-refractivity contribution in [1.82, 2.24) is 15.3 Å². The molecular formula is C23H16N4O3S2. The van der Waals surface area contributed by atoms with Gasteiger partial charge in [0.05, 0.1) is 17.8 Å². The fourth-order valence-corrected chi connectivity index (χ4v) is 5.05. The summed E-state index contributed by atoms with van der Waals surface area (Å²) >= 11 is 2.88. The zero-order valence-electron chi connectivity index (χ0n) is 16.5. The number of carbonyl (C=O) groups is 2. The zero-order valence-corrected chi connectivity index (χ0v) is 18.2. The van der Waals surface area contributed by atoms with Gasteiger partial charge < -0.3 is 15.7 Å². The van der Waals surface area contributed by atoms with Crippen LogP contribution in [0.3, 0.4) is 0 Å². The first-order chi connectivity index (χ1) is 15.6. The van der Waals surface area contributed by atoms with Gasteiger partial charge in [-0.05, 0) is 36.4 Å². The SMILES string of the molecule is O=C(NCc1cnc(-c2cc(O)ccn2)s1)c1ccc2c(c1)NC(=O)c1ccccc1S2. The summed E-state index contributed by atoms with van der Waals surface area (Å²) in [5, 5.41) is 16.0. The smallest absolute Gasteiger partial charge is 0.256 e. The molecule has 2 aromatic heterocycles. The fourth-order valence-electron chi connectivity index (χ4n) is 3.22. The van der Waals surface area contributed by atoms with Crippen LogP contribution in [0.4, 0.5) is 5.69 Å². The van der Waals surface area contributed by atoms with E-state index in [4.69, 9.17) is 0 Å². The maximum absolute atomic E-state index is 12.7. The van der Waals surface area contributed by atoms with Crippen molar-refractivity contribution in [2.75, 3.05) is 5.32 Å². The Bertz CT molecular complexity index is 1350. The summed E-state index contributed by atoms with van der Waals surface area (Å²) < 4.78 is 0. The first kappa shape index (κ1) is 20.2. The fraction of sp³-hybridized carbons (Fsp3) is 0.0435. The molecule has 0 saturated carbocycles. The van der Waals surface area contributed by atoms with Gasteiger partial charge in [-0.15, -0.1) is 11.3 Å². The predicted octanol–water partition coefficient (Wildman–Crippen LogP) is 4.56. The van der Waals surface area contributed by atoms with E-state index in [1.165, 1.54) is 35.4 Å². The average Bonchev–Trinajstić information content (AvgIpc) is 3.22. The Morgan fingerprint density at radius 1 is 1.06 bits per heavy atom. The van der Waals surface area contributed by atoms with Gasteiger partial charge in [0.1, 0.15) is 16.5 Å². The molecule has 3 heterocycles. The third-order valence-electron chi connectivity index (χ3n) is 4.78. The molecule has 3 N–H and O–H groups in total. The molecule has 2 aromatic carbocycles. The van der Waals surface area contributed by atoms with Gasteiger partial charge in [-0.3, -0.25) is 14.6 Å². The van der Waals surface area contributed by atoms with E-state index in [0.717, 1.165) is 14.7 Å². The minimum atomic E-state index is -0.251. The molecule has 5 rings (SSSR count). The van der Waals surface area contributed by atoms with Crippen LogP contribution in [0.25, 0.3) is 10.7 Å². The average molecular weight is 461 g/mol. The number of benzene rings is 2. The topological polar surface area (TPSA) is 104 Å². The Kier molecular flexibility index (Phi) is 5.34. The van der Waals surface area contributed by atoms with Crippen LogP contribution in [-0.2, 0) is 6.54 Å². The highest BCUT2D eigenvalue weighted by Gasteiger charge is 2.20. The summed E-state index contributed by atoms with van der Waals surface area (Å²) in [5.74, 6) is -0.321. The normalized spacial score (nSPS) is 12.3. The quantitative estimate of drug-likeness (QED) is 0.413. The lowest BCUT2D eigenvalue weighted by atomic mass is 10.1. The number of anilines is 1. The summed E-state index contributed by atoms with van der Waals surface area (Å²) in [5.41, 5.74) is 2.25. The van der Waals surface area contributed by atoms with E-state index in [0.29, 0.717) is 34.1 Å². The van der Waals surface area contributed by atoms with Crippen molar-refractivity contribution in [2.45, 2.75) is 16.3 Å². The third kappa shape index (κ3) is 4.08. The summed E-state index contributed by atoms with van der Waals surface area (Å²) in [4.78, 5) is 36.4. The number of hydrogen-bond acceptors (Lipinski definition) is 7. The minimum Gasteiger partial charge on any atom is -0.508 e. The van der Waals surface area contributed by atoms with E-state index in [2.05, 4.69) is 20.6 Å². The van der Waals surface area contributed by atoms with Gasteiger partial charge in [0.25, 0.3) is 11.8 Å². The third-order valence-corrected chi connectivity index (χ3v) is 6.95. The summed E-state index contributed by atoms with van der Waals surface area (Å²) in [7, 11) is 0. The molecule has 0 aliphatic carbocycles. The molecule has 4 aromatic rings. The van der Waals surface area contributed by atoms with E-state index in [1.54, 1.807) is 30.5 Å². The Morgan fingerprint density at radius 3 is 2.81 bits per heavy atom. The molecule has 0 radical (unpaired) electrons. The highest BCUT2D eigenvalue weighted by Crippen LogP contribution is 2.39. The lowest BCUT2D eigenvalue weighted by Gasteiger charge is -2.09. The number of aromatic nitrogens is 2. The van der Waals surface area contributed by atoms with E-state index >= 15 is 0 Å². The molecule has 158 valence electrons. The van der Waals surface area contributed by atoms with Gasteiger partial charge >= 0.3 is 0 Å². The molecule has 0 fully saturated rings. The summed E-state index contributed by atoms with van der Waals surface area (Å²) in [6, 6.07) is 15.7. The van der Waals surface area contributed by atoms with Crippen molar-refractivity contribution in [1.29, 1.82) is 0 Å². The molecule has 2 amide bonds. The van der Waals surface area contributed by atoms with Crippen LogP contribution in [0.15, 0.2) is 76.8 Å². The number of thiazole rings is 1. The Hall–Kier alpha value is -3.69. The molecule has 1 aliphatic rings. The first-order valence-corrected chi connectivity index (χ1v) is 11.3. The van der Waals surface area contributed by atoms with Crippen molar-refractivity contribution in [3.8, 4) is 16.5 Å². The van der Waals surface area contributed by atoms with E-state index in [-0.39, 0.29) is 17.6 Å². The molecule has 0 atom stereocenters. The van der Waals surface area contributed by atoms with Crippen LogP contribution < -0.4 is 10.6 Å². The second kappa shape index (κ2) is 8.45. The van der Waals surface area contributed by atoms with E-state index in [1.807, 2.05) is 24.3 Å². The van der Waals surface area contributed by atoms with Crippen molar-refractivity contribution < 1.29 is 14.7 Å². The van der Waals surface area contributed by atoms with Gasteiger partial charge in [0, 0.05) is 38.7 Å². The predicted molar refractivity (Wildman–Crippen MR) is 123 cm³/mol. The number of nitrogens with zero attached hydrogens (tertiary/aromatic N) is 2. The zero-order chi connectivity index (χ0) is 22.1. The van der Waals surface area contributed by atoms with Gasteiger partial charge in [0.15, 0.2) is 0 Å². The Balaban J connectivity index is 1.29. The molecule has 9 heteroatoms. The van der Waals surface area contributed by atoms with Crippen LogP contribution >= 0.6 is 23.1 Å². The molecule has 0 bridgehead atoms. The van der Waals surface area contributed by atoms with Crippen LogP contribution in [-0.4, -0.2) is 26.9 Å². The number of aromatic hydroxyl groups is 1. The maximum atomic E-state index is 12.7. The molecule has 0 saturated heterocycles. The van der Waals surface area contributed by atoms with Crippen LogP contribution in [0, 0.1) is 0 Å². The highest BCUT2D eigenvalue weighted by atomic mass is 32.2. The lowest BCUT2D eigenvalue weighted by Crippen LogP contribution is -2.22. The Morgan fingerprint density at radius 2 is 1.94 bits per heavy atom. The first-order valence-electron chi connectivity index (χ1n) is 9.67. The second-order valence-electron chi connectivity index (χ2n) is 6.98. The number of rotatable bonds is 4. The number of nitrogens with one attached hydrogen (secondary N) is 2. The van der Waals surface area contributed by atoms with E-state index < -0.39 is 0 Å². The largest absolute Gasteiger partial charge is 0.508 e. The monoisotopic (exact) mass is 460 g/mol. The summed E-state index contributed by atoms with van der Waals surface area (Å²) in [6.07, 6.45) is 3.19. The number of fused-ring (bicyclic) bond motifs is 2. The number of pyridine rings is 1. The number of hydrogen-bond donors (Lipinski definition) is 3. The maximum Gasteiger partial charge on any atom is 0.256 e. The number of carbonyl (C=O) groups excluding carboxylic acids is 2. The van der Waals surface area contributed by atoms with Gasteiger partial charge in [0.2, 0.25) is 0 Å². The number of amides is 2. The Labute approximate surface area is 191 Å². The van der Waals surface area contributed by atoms with Crippen molar-refractivity contribution in [3.63, 3.8) is 0 Å². The van der Waals surface area contributed by atoms with E-state index in [9.17, 15) is 14.7 Å². The highest BCUT2D eigenvalue weighted by molar-refractivity contribution is 7.99.